The van der Waals surface area contributed by atoms with Crippen molar-refractivity contribution in [3.05, 3.63) is 33.1 Å². The van der Waals surface area contributed by atoms with Crippen molar-refractivity contribution in [3.8, 4) is 12.3 Å². The zero-order valence-corrected chi connectivity index (χ0v) is 10.6. The van der Waals surface area contributed by atoms with Crippen molar-refractivity contribution < 1.29 is 23.7 Å². The van der Waals surface area contributed by atoms with Crippen LogP contribution in [-0.4, -0.2) is 44.5 Å². The number of nitrogens with zero attached hydrogens (tertiary/aromatic N) is 1. The third kappa shape index (κ3) is 2.37. The number of rotatable bonds is 3. The quantitative estimate of drug-likeness (QED) is 0.600. The molecule has 1 aliphatic rings. The van der Waals surface area contributed by atoms with Crippen molar-refractivity contribution in [1.82, 2.24) is 9.55 Å². The second-order valence-electron chi connectivity index (χ2n) is 4.57. The number of aromatic nitrogens is 2. The van der Waals surface area contributed by atoms with E-state index in [1.807, 2.05) is 10.9 Å². The molecule has 0 bridgehead atoms. The van der Waals surface area contributed by atoms with Crippen molar-refractivity contribution in [3.63, 3.8) is 0 Å². The van der Waals surface area contributed by atoms with Crippen LogP contribution >= 0.6 is 0 Å². The van der Waals surface area contributed by atoms with Gasteiger partial charge in [0.2, 0.25) is 6.43 Å². The fourth-order valence-corrected chi connectivity index (χ4v) is 2.26. The largest absolute Gasteiger partial charge is 0.392 e. The first-order valence-electron chi connectivity index (χ1n) is 5.90. The van der Waals surface area contributed by atoms with Gasteiger partial charge in [-0.25, -0.2) is 13.6 Å². The number of halogens is 2. The molecule has 3 N–H and O–H groups in total. The average molecular weight is 302 g/mol. The van der Waals surface area contributed by atoms with Gasteiger partial charge in [-0.2, -0.15) is 0 Å². The van der Waals surface area contributed by atoms with Crippen LogP contribution in [0.25, 0.3) is 0 Å². The Labute approximate surface area is 116 Å². The van der Waals surface area contributed by atoms with Gasteiger partial charge in [0.1, 0.15) is 6.10 Å². The van der Waals surface area contributed by atoms with Crippen molar-refractivity contribution >= 4 is 0 Å². The van der Waals surface area contributed by atoms with Crippen molar-refractivity contribution in [2.24, 2.45) is 5.92 Å². The molecule has 0 aromatic carbocycles. The molecule has 0 aliphatic carbocycles. The van der Waals surface area contributed by atoms with Gasteiger partial charge in [0.25, 0.3) is 5.56 Å². The predicted molar refractivity (Wildman–Crippen MR) is 65.6 cm³/mol. The summed E-state index contributed by atoms with van der Waals surface area (Å²) in [6, 6.07) is 0.939. The minimum absolute atomic E-state index is 0.691. The molecule has 9 heteroatoms. The Morgan fingerprint density at radius 3 is 2.71 bits per heavy atom. The maximum absolute atomic E-state index is 13.2. The molecule has 0 saturated carbocycles. The molecule has 1 saturated heterocycles. The van der Waals surface area contributed by atoms with E-state index in [9.17, 15) is 28.6 Å². The molecule has 1 aliphatic heterocycles. The number of terminal acetylenes is 1. The molecule has 2 rings (SSSR count). The molecule has 2 heterocycles. The lowest BCUT2D eigenvalue weighted by Gasteiger charge is -2.24. The van der Waals surface area contributed by atoms with Crippen molar-refractivity contribution in [2.75, 3.05) is 6.61 Å². The van der Waals surface area contributed by atoms with E-state index in [1.54, 1.807) is 0 Å². The smallest absolute Gasteiger partial charge is 0.330 e. The summed E-state index contributed by atoms with van der Waals surface area (Å²) in [4.78, 5) is 24.6. The fraction of sp³-hybridized carbons (Fsp3) is 0.500. The Bertz CT molecular complexity index is 679. The summed E-state index contributed by atoms with van der Waals surface area (Å²) in [6.07, 6.45) is -0.455. The Hall–Kier alpha value is -2.02. The number of aliphatic hydroxyl groups is 2. The molecule has 0 unspecified atom stereocenters. The highest BCUT2D eigenvalue weighted by molar-refractivity contribution is 5.18. The first kappa shape index (κ1) is 15.4. The SMILES string of the molecule is C#C[C@]1(CO)O[C@@H](n2ccc(=O)[nH]c2=O)[C@H](C(F)F)[C@@H]1O. The Morgan fingerprint density at radius 1 is 1.57 bits per heavy atom. The first-order chi connectivity index (χ1) is 9.86. The van der Waals surface area contributed by atoms with Crippen LogP contribution < -0.4 is 11.2 Å². The zero-order chi connectivity index (χ0) is 15.8. The second-order valence-corrected chi connectivity index (χ2v) is 4.57. The normalized spacial score (nSPS) is 32.3. The van der Waals surface area contributed by atoms with Crippen LogP contribution in [0, 0.1) is 18.3 Å². The maximum atomic E-state index is 13.2. The van der Waals surface area contributed by atoms with Crippen molar-refractivity contribution in [2.45, 2.75) is 24.4 Å². The second kappa shape index (κ2) is 5.40. The Morgan fingerprint density at radius 2 is 2.24 bits per heavy atom. The number of H-pyrrole nitrogens is 1. The molecule has 4 atom stereocenters. The summed E-state index contributed by atoms with van der Waals surface area (Å²) >= 11 is 0. The van der Waals surface area contributed by atoms with E-state index in [2.05, 4.69) is 0 Å². The lowest BCUT2D eigenvalue weighted by atomic mass is 9.91. The van der Waals surface area contributed by atoms with Gasteiger partial charge in [-0.05, 0) is 0 Å². The van der Waals surface area contributed by atoms with Crippen LogP contribution in [0.15, 0.2) is 21.9 Å². The van der Waals surface area contributed by atoms with E-state index in [0.717, 1.165) is 12.3 Å². The Kier molecular flexibility index (Phi) is 3.95. The van der Waals surface area contributed by atoms with Crippen LogP contribution in [0.4, 0.5) is 8.78 Å². The maximum Gasteiger partial charge on any atom is 0.330 e. The molecule has 1 aromatic rings. The number of alkyl halides is 2. The number of aliphatic hydroxyl groups excluding tert-OH is 2. The summed E-state index contributed by atoms with van der Waals surface area (Å²) < 4.78 is 32.2. The summed E-state index contributed by atoms with van der Waals surface area (Å²) in [7, 11) is 0. The van der Waals surface area contributed by atoms with Crippen molar-refractivity contribution in [1.29, 1.82) is 0 Å². The molecule has 114 valence electrons. The van der Waals surface area contributed by atoms with Crippen LogP contribution in [0.3, 0.4) is 0 Å². The minimum Gasteiger partial charge on any atom is -0.392 e. The summed E-state index contributed by atoms with van der Waals surface area (Å²) in [6.45, 7) is -0.900. The van der Waals surface area contributed by atoms with Gasteiger partial charge in [0.15, 0.2) is 11.8 Å². The van der Waals surface area contributed by atoms with Gasteiger partial charge in [0.05, 0.1) is 12.5 Å². The number of hydrogen-bond acceptors (Lipinski definition) is 5. The molecular formula is C12H12F2N2O5. The van der Waals surface area contributed by atoms with Gasteiger partial charge in [-0.3, -0.25) is 14.3 Å². The van der Waals surface area contributed by atoms with Crippen LogP contribution in [0.5, 0.6) is 0 Å². The van der Waals surface area contributed by atoms with Crippen LogP contribution in [-0.2, 0) is 4.74 Å². The summed E-state index contributed by atoms with van der Waals surface area (Å²) in [5.74, 6) is 0.113. The third-order valence-corrected chi connectivity index (χ3v) is 3.40. The van der Waals surface area contributed by atoms with E-state index < -0.39 is 48.1 Å². The highest BCUT2D eigenvalue weighted by atomic mass is 19.3. The summed E-state index contributed by atoms with van der Waals surface area (Å²) in [5.41, 5.74) is -3.74. The highest BCUT2D eigenvalue weighted by Gasteiger charge is 2.57. The van der Waals surface area contributed by atoms with E-state index in [1.165, 1.54) is 0 Å². The van der Waals surface area contributed by atoms with E-state index in [0.29, 0.717) is 4.57 Å². The van der Waals surface area contributed by atoms with Gasteiger partial charge < -0.3 is 14.9 Å². The third-order valence-electron chi connectivity index (χ3n) is 3.40. The molecule has 7 nitrogen and oxygen atoms in total. The Balaban J connectivity index is 2.54. The lowest BCUT2D eigenvalue weighted by Crippen LogP contribution is -2.44. The predicted octanol–water partition coefficient (Wildman–Crippen LogP) is -1.33. The standard InChI is InChI=1S/C12H12F2N2O5/c1-2-12(5-17)8(19)7(9(13)14)10(21-12)16-4-3-6(18)15-11(16)20/h1,3-4,7-10,17,19H,5H2,(H,15,18,20)/t7-,8-,10+,12+/m0/s1. The van der Waals surface area contributed by atoms with Gasteiger partial charge in [-0.15, -0.1) is 6.42 Å². The summed E-state index contributed by atoms with van der Waals surface area (Å²) in [5, 5.41) is 19.2. The lowest BCUT2D eigenvalue weighted by molar-refractivity contribution is -0.0942. The topological polar surface area (TPSA) is 105 Å². The molecule has 21 heavy (non-hydrogen) atoms. The minimum atomic E-state index is -3.06. The highest BCUT2D eigenvalue weighted by Crippen LogP contribution is 2.43. The molecular weight excluding hydrogens is 290 g/mol. The number of ether oxygens (including phenoxy) is 1. The monoisotopic (exact) mass is 302 g/mol. The van der Waals surface area contributed by atoms with Crippen LogP contribution in [0.2, 0.25) is 0 Å². The van der Waals surface area contributed by atoms with E-state index >= 15 is 0 Å². The molecule has 1 aromatic heterocycles. The van der Waals surface area contributed by atoms with Gasteiger partial charge in [-0.1, -0.05) is 5.92 Å². The van der Waals surface area contributed by atoms with E-state index in [4.69, 9.17) is 11.2 Å². The van der Waals surface area contributed by atoms with E-state index in [-0.39, 0.29) is 0 Å². The molecule has 1 fully saturated rings. The molecule has 0 amide bonds. The number of nitrogens with one attached hydrogen (secondary N) is 1. The molecule has 0 spiro atoms. The van der Waals surface area contributed by atoms with Gasteiger partial charge in [0, 0.05) is 12.3 Å². The fourth-order valence-electron chi connectivity index (χ4n) is 2.26. The average Bonchev–Trinajstić information content (AvgIpc) is 2.72. The number of hydrogen-bond donors (Lipinski definition) is 3. The zero-order valence-electron chi connectivity index (χ0n) is 10.6. The van der Waals surface area contributed by atoms with Gasteiger partial charge >= 0.3 is 5.69 Å². The first-order valence-corrected chi connectivity index (χ1v) is 5.90. The van der Waals surface area contributed by atoms with Crippen LogP contribution in [0.1, 0.15) is 6.23 Å². The number of aromatic amines is 1. The molecule has 0 radical (unpaired) electrons.